The molecule has 0 aromatic carbocycles. The first-order valence-electron chi connectivity index (χ1n) is 8.88. The molecule has 1 aromatic rings. The van der Waals surface area contributed by atoms with Crippen molar-refractivity contribution in [2.45, 2.75) is 62.7 Å². The van der Waals surface area contributed by atoms with Gasteiger partial charge in [0.25, 0.3) is 0 Å². The number of aromatic nitrogens is 1. The van der Waals surface area contributed by atoms with E-state index in [9.17, 15) is 4.79 Å². The van der Waals surface area contributed by atoms with Crippen LogP contribution in [0.5, 0.6) is 0 Å². The maximum absolute atomic E-state index is 12.6. The fourth-order valence-electron chi connectivity index (χ4n) is 4.00. The monoisotopic (exact) mass is 315 g/mol. The molecule has 5 heteroatoms. The van der Waals surface area contributed by atoms with E-state index in [4.69, 9.17) is 4.74 Å². The third-order valence-corrected chi connectivity index (χ3v) is 5.23. The predicted molar refractivity (Wildman–Crippen MR) is 86.8 cm³/mol. The van der Waals surface area contributed by atoms with Gasteiger partial charge in [0.2, 0.25) is 5.91 Å². The molecular weight excluding hydrogens is 290 g/mol. The Kier molecular flexibility index (Phi) is 4.31. The number of carbonyl (C=O) groups excluding carboxylic acids is 1. The number of likely N-dealkylation sites (tertiary alicyclic amines) is 1. The van der Waals surface area contributed by atoms with Crippen LogP contribution in [-0.2, 0) is 9.53 Å². The molecule has 1 N–H and O–H groups in total. The fraction of sp³-hybridized carbons (Fsp3) is 0.667. The van der Waals surface area contributed by atoms with E-state index in [1.54, 1.807) is 6.20 Å². The minimum Gasteiger partial charge on any atom is -0.381 e. The SMILES string of the molecule is O=C1C[C@@H](N[C@@H]2CCCOCC2)[C@H](c2cccnc2)N1C1CC1. The minimum absolute atomic E-state index is 0.132. The topological polar surface area (TPSA) is 54.5 Å². The van der Waals surface area contributed by atoms with Gasteiger partial charge in [-0.3, -0.25) is 9.78 Å². The van der Waals surface area contributed by atoms with Gasteiger partial charge < -0.3 is 15.0 Å². The number of nitrogens with one attached hydrogen (secondary N) is 1. The summed E-state index contributed by atoms with van der Waals surface area (Å²) < 4.78 is 5.56. The average molecular weight is 315 g/mol. The van der Waals surface area contributed by atoms with Crippen molar-refractivity contribution in [2.24, 2.45) is 0 Å². The van der Waals surface area contributed by atoms with Crippen molar-refractivity contribution in [3.63, 3.8) is 0 Å². The van der Waals surface area contributed by atoms with Crippen LogP contribution < -0.4 is 5.32 Å². The van der Waals surface area contributed by atoms with Crippen LogP contribution in [-0.4, -0.2) is 47.1 Å². The highest BCUT2D eigenvalue weighted by atomic mass is 16.5. The van der Waals surface area contributed by atoms with E-state index < -0.39 is 0 Å². The van der Waals surface area contributed by atoms with Gasteiger partial charge in [0.15, 0.2) is 0 Å². The number of carbonyl (C=O) groups is 1. The lowest BCUT2D eigenvalue weighted by molar-refractivity contribution is -0.129. The van der Waals surface area contributed by atoms with Crippen molar-refractivity contribution in [3.05, 3.63) is 30.1 Å². The van der Waals surface area contributed by atoms with Crippen molar-refractivity contribution in [1.82, 2.24) is 15.2 Å². The lowest BCUT2D eigenvalue weighted by atomic mass is 9.99. The Morgan fingerprint density at radius 1 is 1.22 bits per heavy atom. The van der Waals surface area contributed by atoms with Gasteiger partial charge in [0, 0.05) is 50.2 Å². The smallest absolute Gasteiger partial charge is 0.225 e. The van der Waals surface area contributed by atoms with Crippen LogP contribution in [0.1, 0.15) is 50.1 Å². The largest absolute Gasteiger partial charge is 0.381 e. The van der Waals surface area contributed by atoms with Gasteiger partial charge in [-0.1, -0.05) is 6.07 Å². The maximum atomic E-state index is 12.6. The van der Waals surface area contributed by atoms with Gasteiger partial charge in [-0.15, -0.1) is 0 Å². The lowest BCUT2D eigenvalue weighted by Crippen LogP contribution is -2.42. The molecule has 23 heavy (non-hydrogen) atoms. The zero-order valence-electron chi connectivity index (χ0n) is 13.5. The highest BCUT2D eigenvalue weighted by molar-refractivity contribution is 5.81. The number of hydrogen-bond donors (Lipinski definition) is 1. The van der Waals surface area contributed by atoms with Crippen molar-refractivity contribution < 1.29 is 9.53 Å². The van der Waals surface area contributed by atoms with Gasteiger partial charge in [0.05, 0.1) is 6.04 Å². The number of pyridine rings is 1. The molecule has 3 fully saturated rings. The van der Waals surface area contributed by atoms with E-state index in [1.165, 1.54) is 0 Å². The van der Waals surface area contributed by atoms with Crippen LogP contribution in [0, 0.1) is 0 Å². The second kappa shape index (κ2) is 6.57. The standard InChI is InChI=1S/C18H25N3O2/c22-17-11-16(20-14-4-2-9-23-10-7-14)18(21(17)15-5-6-15)13-3-1-8-19-12-13/h1,3,8,12,14-16,18,20H,2,4-7,9-11H2/t14-,16-,18+/m1/s1. The van der Waals surface area contributed by atoms with Crippen molar-refractivity contribution in [2.75, 3.05) is 13.2 Å². The van der Waals surface area contributed by atoms with Gasteiger partial charge in [-0.2, -0.15) is 0 Å². The molecule has 0 unspecified atom stereocenters. The van der Waals surface area contributed by atoms with E-state index in [1.807, 2.05) is 12.3 Å². The maximum Gasteiger partial charge on any atom is 0.225 e. The Labute approximate surface area is 137 Å². The Balaban J connectivity index is 1.55. The quantitative estimate of drug-likeness (QED) is 0.924. The summed E-state index contributed by atoms with van der Waals surface area (Å²) in [6.07, 6.45) is 9.88. The van der Waals surface area contributed by atoms with Gasteiger partial charge in [-0.25, -0.2) is 0 Å². The van der Waals surface area contributed by atoms with Crippen LogP contribution >= 0.6 is 0 Å². The summed E-state index contributed by atoms with van der Waals surface area (Å²) >= 11 is 0. The summed E-state index contributed by atoms with van der Waals surface area (Å²) in [4.78, 5) is 19.0. The number of nitrogens with zero attached hydrogens (tertiary/aromatic N) is 2. The first-order chi connectivity index (χ1) is 11.3. The lowest BCUT2D eigenvalue weighted by Gasteiger charge is -2.31. The van der Waals surface area contributed by atoms with Gasteiger partial charge in [0.1, 0.15) is 0 Å². The molecule has 1 saturated carbocycles. The van der Waals surface area contributed by atoms with E-state index >= 15 is 0 Å². The summed E-state index contributed by atoms with van der Waals surface area (Å²) in [5.74, 6) is 0.295. The number of amides is 1. The van der Waals surface area contributed by atoms with Crippen LogP contribution in [0.4, 0.5) is 0 Å². The molecule has 5 nitrogen and oxygen atoms in total. The molecule has 1 amide bonds. The summed E-state index contributed by atoms with van der Waals surface area (Å²) in [6, 6.07) is 5.30. The number of hydrogen-bond acceptors (Lipinski definition) is 4. The highest BCUT2D eigenvalue weighted by Gasteiger charge is 2.47. The Bertz CT molecular complexity index is 538. The summed E-state index contributed by atoms with van der Waals surface area (Å²) in [5.41, 5.74) is 1.16. The number of rotatable bonds is 4. The van der Waals surface area contributed by atoms with Crippen molar-refractivity contribution >= 4 is 5.91 Å². The van der Waals surface area contributed by atoms with Crippen LogP contribution in [0.25, 0.3) is 0 Å². The Morgan fingerprint density at radius 2 is 2.13 bits per heavy atom. The number of ether oxygens (including phenoxy) is 1. The second-order valence-electron chi connectivity index (χ2n) is 6.98. The molecule has 1 aliphatic carbocycles. The van der Waals surface area contributed by atoms with Gasteiger partial charge >= 0.3 is 0 Å². The Morgan fingerprint density at radius 3 is 2.91 bits per heavy atom. The zero-order chi connectivity index (χ0) is 15.6. The first-order valence-corrected chi connectivity index (χ1v) is 8.88. The molecule has 3 atom stereocenters. The minimum atomic E-state index is 0.132. The van der Waals surface area contributed by atoms with Gasteiger partial charge in [-0.05, 0) is 43.7 Å². The highest BCUT2D eigenvalue weighted by Crippen LogP contribution is 2.41. The molecule has 0 radical (unpaired) electrons. The fourth-order valence-corrected chi connectivity index (χ4v) is 4.00. The molecule has 2 saturated heterocycles. The van der Waals surface area contributed by atoms with E-state index in [0.29, 0.717) is 24.4 Å². The molecule has 2 aliphatic heterocycles. The average Bonchev–Trinajstić information content (AvgIpc) is 3.37. The molecule has 0 bridgehead atoms. The van der Waals surface area contributed by atoms with Crippen LogP contribution in [0.3, 0.4) is 0 Å². The third kappa shape index (κ3) is 3.26. The molecule has 1 aromatic heterocycles. The summed E-state index contributed by atoms with van der Waals surface area (Å²) in [7, 11) is 0. The molecular formula is C18H25N3O2. The summed E-state index contributed by atoms with van der Waals surface area (Å²) in [6.45, 7) is 1.68. The van der Waals surface area contributed by atoms with Crippen molar-refractivity contribution in [3.8, 4) is 0 Å². The van der Waals surface area contributed by atoms with E-state index in [0.717, 1.165) is 50.9 Å². The Hall–Kier alpha value is -1.46. The van der Waals surface area contributed by atoms with Crippen molar-refractivity contribution in [1.29, 1.82) is 0 Å². The third-order valence-electron chi connectivity index (χ3n) is 5.23. The molecule has 124 valence electrons. The van der Waals surface area contributed by atoms with Crippen LogP contribution in [0.15, 0.2) is 24.5 Å². The zero-order valence-corrected chi connectivity index (χ0v) is 13.5. The van der Waals surface area contributed by atoms with Crippen LogP contribution in [0.2, 0.25) is 0 Å². The second-order valence-corrected chi connectivity index (χ2v) is 6.98. The molecule has 4 rings (SSSR count). The predicted octanol–water partition coefficient (Wildman–Crippen LogP) is 2.04. The first kappa shape index (κ1) is 15.1. The molecule has 3 heterocycles. The normalized spacial score (nSPS) is 32.1. The van der Waals surface area contributed by atoms with E-state index in [-0.39, 0.29) is 12.1 Å². The molecule has 0 spiro atoms. The molecule has 3 aliphatic rings. The van der Waals surface area contributed by atoms with E-state index in [2.05, 4.69) is 21.3 Å². The summed E-state index contributed by atoms with van der Waals surface area (Å²) in [5, 5.41) is 3.78.